The van der Waals surface area contributed by atoms with Crippen LogP contribution in [-0.2, 0) is 0 Å². The number of likely N-dealkylation sites (tertiary alicyclic amines) is 1. The van der Waals surface area contributed by atoms with Gasteiger partial charge < -0.3 is 4.90 Å². The molecular weight excluding hydrogens is 484 g/mol. The maximum absolute atomic E-state index is 13.1. The van der Waals surface area contributed by atoms with Gasteiger partial charge in [0.25, 0.3) is 17.7 Å². The number of pyridine rings is 2. The van der Waals surface area contributed by atoms with E-state index in [1.807, 2.05) is 11.0 Å². The van der Waals surface area contributed by atoms with Gasteiger partial charge in [0, 0.05) is 42.5 Å². The van der Waals surface area contributed by atoms with Crippen molar-refractivity contribution in [2.75, 3.05) is 18.8 Å². The summed E-state index contributed by atoms with van der Waals surface area (Å²) >= 11 is 2.90. The zero-order valence-electron chi connectivity index (χ0n) is 18.8. The van der Waals surface area contributed by atoms with Crippen LogP contribution in [0.25, 0.3) is 0 Å². The lowest BCUT2D eigenvalue weighted by Gasteiger charge is -2.31. The fourth-order valence-electron chi connectivity index (χ4n) is 3.62. The van der Waals surface area contributed by atoms with E-state index in [9.17, 15) is 14.4 Å². The lowest BCUT2D eigenvalue weighted by atomic mass is 9.97. The van der Waals surface area contributed by atoms with Crippen molar-refractivity contribution in [3.63, 3.8) is 0 Å². The normalized spacial score (nSPS) is 13.8. The Bertz CT molecular complexity index is 1210. The number of hydrazine groups is 1. The van der Waals surface area contributed by atoms with Crippen molar-refractivity contribution < 1.29 is 14.4 Å². The van der Waals surface area contributed by atoms with E-state index in [1.165, 1.54) is 29.3 Å². The largest absolute Gasteiger partial charge is 0.339 e. The van der Waals surface area contributed by atoms with E-state index >= 15 is 0 Å². The predicted octanol–water partition coefficient (Wildman–Crippen LogP) is 3.31. The van der Waals surface area contributed by atoms with E-state index in [0.717, 1.165) is 17.8 Å². The number of hydrogen-bond acceptors (Lipinski definition) is 8. The molecule has 0 unspecified atom stereocenters. The number of thiazole rings is 1. The zero-order valence-corrected chi connectivity index (χ0v) is 20.5. The molecule has 3 aromatic rings. The Balaban J connectivity index is 1.31. The van der Waals surface area contributed by atoms with Crippen LogP contribution in [0.4, 0.5) is 0 Å². The topological polar surface area (TPSA) is 117 Å². The Hall–Kier alpha value is -3.57. The highest BCUT2D eigenvalue weighted by molar-refractivity contribution is 7.99. The number of carbonyl (C=O) groups excluding carboxylic acids is 3. The molecule has 11 heteroatoms. The Kier molecular flexibility index (Phi) is 8.22. The van der Waals surface area contributed by atoms with Crippen LogP contribution in [0, 0.1) is 0 Å². The smallest absolute Gasteiger partial charge is 0.289 e. The molecule has 0 bridgehead atoms. The molecule has 180 valence electrons. The third kappa shape index (κ3) is 6.11. The average molecular weight is 509 g/mol. The van der Waals surface area contributed by atoms with Gasteiger partial charge in [-0.05, 0) is 37.1 Å². The average Bonchev–Trinajstić information content (AvgIpc) is 3.41. The highest BCUT2D eigenvalue weighted by atomic mass is 32.2. The van der Waals surface area contributed by atoms with Gasteiger partial charge in [-0.2, -0.15) is 0 Å². The summed E-state index contributed by atoms with van der Waals surface area (Å²) in [7, 11) is 0. The first-order valence-corrected chi connectivity index (χ1v) is 12.9. The Morgan fingerprint density at radius 3 is 2.51 bits per heavy atom. The Labute approximate surface area is 211 Å². The quantitative estimate of drug-likeness (QED) is 0.286. The van der Waals surface area contributed by atoms with Crippen LogP contribution in [0.1, 0.15) is 55.1 Å². The monoisotopic (exact) mass is 508 g/mol. The Morgan fingerprint density at radius 1 is 1.06 bits per heavy atom. The lowest BCUT2D eigenvalue weighted by molar-refractivity contribution is 0.0708. The minimum atomic E-state index is -0.508. The third-order valence-corrected chi connectivity index (χ3v) is 7.42. The summed E-state index contributed by atoms with van der Waals surface area (Å²) in [6.07, 6.45) is 6.49. The molecule has 9 nitrogen and oxygen atoms in total. The number of nitrogens with zero attached hydrogens (tertiary/aromatic N) is 4. The molecule has 0 atom stereocenters. The number of rotatable bonds is 7. The summed E-state index contributed by atoms with van der Waals surface area (Å²) < 4.78 is 0. The van der Waals surface area contributed by atoms with Crippen LogP contribution >= 0.6 is 23.1 Å². The first-order chi connectivity index (χ1) is 17.1. The molecule has 0 aliphatic carbocycles. The molecule has 0 radical (unpaired) electrons. The van der Waals surface area contributed by atoms with Crippen molar-refractivity contribution in [2.24, 2.45) is 0 Å². The van der Waals surface area contributed by atoms with Crippen LogP contribution < -0.4 is 10.9 Å². The van der Waals surface area contributed by atoms with Crippen molar-refractivity contribution in [3.8, 4) is 0 Å². The van der Waals surface area contributed by atoms with Crippen molar-refractivity contribution in [3.05, 3.63) is 82.7 Å². The molecular formula is C24H24N6O3S2. The molecule has 1 aliphatic heterocycles. The number of thioether (sulfide) groups is 1. The second-order valence-corrected chi connectivity index (χ2v) is 9.61. The summed E-state index contributed by atoms with van der Waals surface area (Å²) in [6.45, 7) is 4.93. The molecule has 0 aromatic carbocycles. The molecule has 0 saturated carbocycles. The van der Waals surface area contributed by atoms with Crippen molar-refractivity contribution >= 4 is 40.8 Å². The van der Waals surface area contributed by atoms with E-state index in [-0.39, 0.29) is 23.2 Å². The summed E-state index contributed by atoms with van der Waals surface area (Å²) in [5, 5.41) is 3.24. The van der Waals surface area contributed by atoms with Crippen LogP contribution in [0.3, 0.4) is 0 Å². The Morgan fingerprint density at radius 2 is 1.80 bits per heavy atom. The van der Waals surface area contributed by atoms with Gasteiger partial charge >= 0.3 is 0 Å². The van der Waals surface area contributed by atoms with Crippen molar-refractivity contribution in [1.82, 2.24) is 30.7 Å². The number of hydrogen-bond donors (Lipinski definition) is 2. The van der Waals surface area contributed by atoms with Gasteiger partial charge in [-0.15, -0.1) is 29.7 Å². The van der Waals surface area contributed by atoms with Crippen LogP contribution in [0.5, 0.6) is 0 Å². The van der Waals surface area contributed by atoms with E-state index in [2.05, 4.69) is 32.4 Å². The van der Waals surface area contributed by atoms with Crippen molar-refractivity contribution in [1.29, 1.82) is 0 Å². The van der Waals surface area contributed by atoms with E-state index in [0.29, 0.717) is 29.4 Å². The molecule has 35 heavy (non-hydrogen) atoms. The highest BCUT2D eigenvalue weighted by Gasteiger charge is 2.28. The molecule has 3 aromatic heterocycles. The molecule has 2 N–H and O–H groups in total. The number of aromatic nitrogens is 3. The first-order valence-electron chi connectivity index (χ1n) is 11.0. The van der Waals surface area contributed by atoms with Crippen LogP contribution in [-0.4, -0.2) is 56.4 Å². The van der Waals surface area contributed by atoms with E-state index < -0.39 is 11.8 Å². The van der Waals surface area contributed by atoms with Gasteiger partial charge in [-0.3, -0.25) is 30.2 Å². The van der Waals surface area contributed by atoms with Gasteiger partial charge in [0.2, 0.25) is 0 Å². The van der Waals surface area contributed by atoms with Gasteiger partial charge in [-0.25, -0.2) is 9.97 Å². The number of amides is 3. The van der Waals surface area contributed by atoms with Gasteiger partial charge in [-0.1, -0.05) is 12.1 Å². The van der Waals surface area contributed by atoms with Gasteiger partial charge in [0.1, 0.15) is 16.4 Å². The van der Waals surface area contributed by atoms with Gasteiger partial charge in [0.15, 0.2) is 0 Å². The van der Waals surface area contributed by atoms with E-state index in [1.54, 1.807) is 41.9 Å². The SMILES string of the molecule is C=CCSc1ncccc1C(=O)N1CCC(c2nc(C(=O)NNC(=O)c3ccccn3)cs2)CC1. The number of carbonyl (C=O) groups is 3. The lowest BCUT2D eigenvalue weighted by Crippen LogP contribution is -2.42. The first kappa shape index (κ1) is 24.6. The second kappa shape index (κ2) is 11.7. The molecule has 3 amide bonds. The zero-order chi connectivity index (χ0) is 24.6. The number of piperidine rings is 1. The maximum atomic E-state index is 13.1. The maximum Gasteiger partial charge on any atom is 0.289 e. The molecule has 0 spiro atoms. The van der Waals surface area contributed by atoms with Gasteiger partial charge in [0.05, 0.1) is 10.6 Å². The van der Waals surface area contributed by atoms with Crippen LogP contribution in [0.2, 0.25) is 0 Å². The number of nitrogens with one attached hydrogen (secondary N) is 2. The minimum Gasteiger partial charge on any atom is -0.339 e. The fraction of sp³-hybridized carbons (Fsp3) is 0.250. The van der Waals surface area contributed by atoms with E-state index in [4.69, 9.17) is 0 Å². The summed E-state index contributed by atoms with van der Waals surface area (Å²) in [4.78, 5) is 52.2. The standard InChI is InChI=1S/C24H24N6O3S2/c1-2-14-34-23-17(6-5-11-26-23)24(33)30-12-8-16(9-13-30)22-27-19(15-35-22)21(32)29-28-20(31)18-7-3-4-10-25-18/h2-7,10-11,15-16H,1,8-9,12-14H2,(H,28,31)(H,29,32). The van der Waals surface area contributed by atoms with Crippen molar-refractivity contribution in [2.45, 2.75) is 23.8 Å². The highest BCUT2D eigenvalue weighted by Crippen LogP contribution is 2.31. The fourth-order valence-corrected chi connectivity index (χ4v) is 5.32. The molecule has 1 aliphatic rings. The van der Waals surface area contributed by atoms with Crippen LogP contribution in [0.15, 0.2) is 65.8 Å². The molecule has 4 heterocycles. The predicted molar refractivity (Wildman–Crippen MR) is 134 cm³/mol. The third-order valence-electron chi connectivity index (χ3n) is 5.41. The summed E-state index contributed by atoms with van der Waals surface area (Å²) in [6, 6.07) is 8.53. The molecule has 4 rings (SSSR count). The second-order valence-electron chi connectivity index (χ2n) is 7.72. The summed E-state index contributed by atoms with van der Waals surface area (Å²) in [5.41, 5.74) is 5.77. The summed E-state index contributed by atoms with van der Waals surface area (Å²) in [5.74, 6) is -0.175. The molecule has 1 fully saturated rings. The molecule has 1 saturated heterocycles. The minimum absolute atomic E-state index is 0.0223.